The van der Waals surface area contributed by atoms with Crippen LogP contribution >= 0.6 is 0 Å². The summed E-state index contributed by atoms with van der Waals surface area (Å²) >= 11 is 0. The molecule has 3 N–H and O–H groups in total. The summed E-state index contributed by atoms with van der Waals surface area (Å²) in [6, 6.07) is 9.75. The van der Waals surface area contributed by atoms with Gasteiger partial charge in [0.2, 0.25) is 15.5 Å². The Morgan fingerprint density at radius 2 is 1.93 bits per heavy atom. The van der Waals surface area contributed by atoms with Gasteiger partial charge in [-0.15, -0.1) is 0 Å². The number of fused-ring (bicyclic) bond motifs is 3. The molecular formula is C28H23F3N8O3S. The Hall–Kier alpha value is -5.05. The third-order valence-electron chi connectivity index (χ3n) is 6.80. The van der Waals surface area contributed by atoms with Crippen LogP contribution in [0.4, 0.5) is 30.4 Å². The summed E-state index contributed by atoms with van der Waals surface area (Å²) in [5.41, 5.74) is 2.12. The highest BCUT2D eigenvalue weighted by molar-refractivity contribution is 7.91. The Morgan fingerprint density at radius 1 is 1.09 bits per heavy atom. The second kappa shape index (κ2) is 10.7. The molecule has 0 atom stereocenters. The number of aromatic nitrogens is 5. The van der Waals surface area contributed by atoms with Crippen molar-refractivity contribution in [1.29, 1.82) is 0 Å². The van der Waals surface area contributed by atoms with Crippen LogP contribution in [0.25, 0.3) is 22.5 Å². The lowest BCUT2D eigenvalue weighted by atomic mass is 9.98. The predicted molar refractivity (Wildman–Crippen MR) is 153 cm³/mol. The number of H-pyrrole nitrogens is 1. The van der Waals surface area contributed by atoms with Crippen LogP contribution < -0.4 is 21.1 Å². The van der Waals surface area contributed by atoms with E-state index in [1.54, 1.807) is 24.4 Å². The number of anilines is 2. The summed E-state index contributed by atoms with van der Waals surface area (Å²) in [7, 11) is -4.10. The molecule has 11 nitrogen and oxygen atoms in total. The average molecular weight is 609 g/mol. The van der Waals surface area contributed by atoms with E-state index in [1.165, 1.54) is 18.5 Å². The van der Waals surface area contributed by atoms with Gasteiger partial charge < -0.3 is 14.9 Å². The van der Waals surface area contributed by atoms with Gasteiger partial charge in [0, 0.05) is 60.8 Å². The van der Waals surface area contributed by atoms with Crippen LogP contribution in [0, 0.1) is 6.92 Å². The summed E-state index contributed by atoms with van der Waals surface area (Å²) in [6.07, 6.45) is 0.906. The maximum atomic E-state index is 13.1. The van der Waals surface area contributed by atoms with Crippen LogP contribution in [0.1, 0.15) is 16.8 Å². The number of rotatable bonds is 6. The quantitative estimate of drug-likeness (QED) is 0.263. The first-order valence-corrected chi connectivity index (χ1v) is 14.6. The largest absolute Gasteiger partial charge is 0.416 e. The summed E-state index contributed by atoms with van der Waals surface area (Å²) < 4.78 is 69.5. The van der Waals surface area contributed by atoms with Gasteiger partial charge in [0.1, 0.15) is 23.1 Å². The number of hydrogen-bond acceptors (Lipinski definition) is 8. The van der Waals surface area contributed by atoms with E-state index in [9.17, 15) is 26.4 Å². The first kappa shape index (κ1) is 28.1. The molecule has 0 bridgehead atoms. The number of alkyl halides is 3. The van der Waals surface area contributed by atoms with Crippen molar-refractivity contribution in [3.8, 4) is 22.5 Å². The molecule has 220 valence electrons. The standard InChI is InChI=1S/C28H23F3N8O3S/c1-16-2-3-19(38-43(41,42)15-20-11-18(4-7-33-20)28(29,30)31)12-21(16)22-10-17-13-35-27(36-23-14-32-6-5-24(23)40)37-25(17)39-9-8-34-26(22)39/h2-7,10-14,34,38H,8-9,15H2,1H3,(H,32,40). The van der Waals surface area contributed by atoms with E-state index >= 15 is 0 Å². The number of hydrogen-bond donors (Lipinski definition) is 3. The Labute approximate surface area is 242 Å². The topological polar surface area (TPSA) is 147 Å². The molecule has 3 aliphatic rings. The first-order chi connectivity index (χ1) is 20.5. The van der Waals surface area contributed by atoms with Crippen molar-refractivity contribution in [3.05, 3.63) is 99.9 Å². The molecule has 0 saturated carbocycles. The number of aromatic amines is 1. The normalized spacial score (nSPS) is 13.6. The highest BCUT2D eigenvalue weighted by atomic mass is 32.2. The minimum atomic E-state index is -4.62. The fourth-order valence-corrected chi connectivity index (χ4v) is 5.95. The van der Waals surface area contributed by atoms with Crippen LogP contribution in [-0.4, -0.2) is 39.5 Å². The molecule has 0 spiro atoms. The van der Waals surface area contributed by atoms with Crippen LogP contribution in [-0.2, 0) is 28.5 Å². The second-order valence-corrected chi connectivity index (χ2v) is 11.6. The number of aryl methyl sites for hydroxylation is 1. The zero-order valence-corrected chi connectivity index (χ0v) is 23.3. The zero-order valence-electron chi connectivity index (χ0n) is 22.5. The molecule has 6 rings (SSSR count). The van der Waals surface area contributed by atoms with Crippen LogP contribution in [0.5, 0.6) is 0 Å². The molecule has 1 aromatic carbocycles. The van der Waals surface area contributed by atoms with Gasteiger partial charge in [-0.05, 0) is 48.4 Å². The van der Waals surface area contributed by atoms with E-state index in [4.69, 9.17) is 0 Å². The molecule has 0 amide bonds. The second-order valence-electron chi connectivity index (χ2n) is 9.86. The van der Waals surface area contributed by atoms with Crippen molar-refractivity contribution in [3.63, 3.8) is 0 Å². The Bertz CT molecular complexity index is 2070. The highest BCUT2D eigenvalue weighted by Gasteiger charge is 2.31. The van der Waals surface area contributed by atoms with E-state index in [0.29, 0.717) is 24.5 Å². The first-order valence-electron chi connectivity index (χ1n) is 13.0. The molecule has 43 heavy (non-hydrogen) atoms. The highest BCUT2D eigenvalue weighted by Crippen LogP contribution is 2.39. The van der Waals surface area contributed by atoms with E-state index in [2.05, 4.69) is 35.0 Å². The van der Waals surface area contributed by atoms with Crippen molar-refractivity contribution in [2.45, 2.75) is 25.4 Å². The van der Waals surface area contributed by atoms with Gasteiger partial charge in [-0.1, -0.05) is 6.07 Å². The van der Waals surface area contributed by atoms with Gasteiger partial charge in [-0.25, -0.2) is 18.4 Å². The molecule has 3 aromatic rings. The molecule has 2 aromatic heterocycles. The minimum absolute atomic E-state index is 0.126. The van der Waals surface area contributed by atoms with Gasteiger partial charge in [-0.3, -0.25) is 14.5 Å². The predicted octanol–water partition coefficient (Wildman–Crippen LogP) is 4.06. The third-order valence-corrected chi connectivity index (χ3v) is 8.02. The van der Waals surface area contributed by atoms with Gasteiger partial charge in [0.25, 0.3) is 5.62 Å². The van der Waals surface area contributed by atoms with E-state index in [0.717, 1.165) is 40.8 Å². The van der Waals surface area contributed by atoms with Crippen LogP contribution in [0.15, 0.2) is 77.0 Å². The monoisotopic (exact) mass is 608 g/mol. The summed E-state index contributed by atoms with van der Waals surface area (Å²) in [5.74, 6) is 0.626. The number of halogens is 3. The average Bonchev–Trinajstić information content (AvgIpc) is 3.45. The van der Waals surface area contributed by atoms with Crippen LogP contribution in [0.2, 0.25) is 0 Å². The molecule has 0 saturated heterocycles. The molecular weight excluding hydrogens is 585 g/mol. The van der Waals surface area contributed by atoms with E-state index in [-0.39, 0.29) is 28.1 Å². The van der Waals surface area contributed by atoms with Gasteiger partial charge >= 0.3 is 6.18 Å². The van der Waals surface area contributed by atoms with Gasteiger partial charge in [0.15, 0.2) is 0 Å². The third kappa shape index (κ3) is 5.83. The maximum absolute atomic E-state index is 13.1. The lowest BCUT2D eigenvalue weighted by molar-refractivity contribution is -0.137. The Balaban J connectivity index is 1.35. The van der Waals surface area contributed by atoms with Crippen molar-refractivity contribution < 1.29 is 21.6 Å². The fourth-order valence-electron chi connectivity index (χ4n) is 4.84. The van der Waals surface area contributed by atoms with Gasteiger partial charge in [0.05, 0.1) is 11.3 Å². The molecule has 3 aliphatic heterocycles. The van der Waals surface area contributed by atoms with Crippen molar-refractivity contribution in [1.82, 2.24) is 24.5 Å². The summed E-state index contributed by atoms with van der Waals surface area (Å²) in [4.78, 5) is 31.9. The Morgan fingerprint density at radius 3 is 2.72 bits per heavy atom. The molecule has 0 unspecified atom stereocenters. The fraction of sp³-hybridized carbons (Fsp3) is 0.179. The van der Waals surface area contributed by atoms with E-state index < -0.39 is 27.5 Å². The SMILES string of the molecule is Cc1ccc(NS(=O)(=O)Cc2cc(C(F)(F)F)ccn2)cc1-c1cc2cnc(=Nc3c[nH]ccc3=O)nc-2n2c1NCC2. The molecule has 0 radical (unpaired) electrons. The minimum Gasteiger partial charge on any atom is -0.369 e. The number of pyridine rings is 3. The van der Waals surface area contributed by atoms with Crippen molar-refractivity contribution in [2.24, 2.45) is 4.99 Å². The molecule has 15 heteroatoms. The van der Waals surface area contributed by atoms with Crippen molar-refractivity contribution >= 4 is 27.2 Å². The lowest BCUT2D eigenvalue weighted by Gasteiger charge is -2.19. The Kier molecular flexibility index (Phi) is 6.96. The maximum Gasteiger partial charge on any atom is 0.416 e. The number of sulfonamides is 1. The number of nitrogens with one attached hydrogen (secondary N) is 3. The molecule has 0 aliphatic carbocycles. The van der Waals surface area contributed by atoms with E-state index in [1.807, 2.05) is 17.6 Å². The summed E-state index contributed by atoms with van der Waals surface area (Å²) in [6.45, 7) is 3.10. The smallest absolute Gasteiger partial charge is 0.369 e. The van der Waals surface area contributed by atoms with Gasteiger partial charge in [-0.2, -0.15) is 18.2 Å². The lowest BCUT2D eigenvalue weighted by Crippen LogP contribution is -2.18. The van der Waals surface area contributed by atoms with Crippen LogP contribution in [0.3, 0.4) is 0 Å². The number of nitrogens with zero attached hydrogens (tertiary/aromatic N) is 5. The zero-order chi connectivity index (χ0) is 30.4. The summed E-state index contributed by atoms with van der Waals surface area (Å²) in [5, 5.41) is 3.36. The van der Waals surface area contributed by atoms with Crippen molar-refractivity contribution in [2.75, 3.05) is 16.6 Å². The molecule has 5 heterocycles. The number of benzene rings is 1. The molecule has 0 fully saturated rings.